The average molecular weight is 292 g/mol. The summed E-state index contributed by atoms with van der Waals surface area (Å²) in [6.45, 7) is 9.29. The number of hydrogen-bond acceptors (Lipinski definition) is 3. The van der Waals surface area contributed by atoms with E-state index in [9.17, 15) is 0 Å². The molecule has 0 aromatic carbocycles. The van der Waals surface area contributed by atoms with Crippen LogP contribution in [0.15, 0.2) is 0 Å². The Labute approximate surface area is 127 Å². The van der Waals surface area contributed by atoms with Gasteiger partial charge in [-0.05, 0) is 57.3 Å². The van der Waals surface area contributed by atoms with Gasteiger partial charge >= 0.3 is 0 Å². The fourth-order valence-corrected chi connectivity index (χ4v) is 4.77. The molecule has 0 amide bonds. The maximum Gasteiger partial charge on any atom is 0.113 e. The molecule has 1 aromatic heterocycles. The molecule has 1 heterocycles. The minimum Gasteiger partial charge on any atom is -0.303 e. The van der Waals surface area contributed by atoms with Crippen LogP contribution in [0.1, 0.15) is 68.5 Å². The fraction of sp³-hybridized carbons (Fsp3) is 0.824. The Kier molecular flexibility index (Phi) is 3.93. The molecule has 2 fully saturated rings. The molecule has 3 unspecified atom stereocenters. The Hall–Kier alpha value is -0.410. The Morgan fingerprint density at radius 2 is 2.00 bits per heavy atom. The number of aromatic nitrogens is 1. The van der Waals surface area contributed by atoms with Gasteiger partial charge in [0.15, 0.2) is 0 Å². The van der Waals surface area contributed by atoms with Gasteiger partial charge < -0.3 is 5.32 Å². The van der Waals surface area contributed by atoms with Gasteiger partial charge in [0, 0.05) is 10.9 Å². The van der Waals surface area contributed by atoms with Gasteiger partial charge in [0.1, 0.15) is 5.01 Å². The second-order valence-corrected chi connectivity index (χ2v) is 8.28. The normalized spacial score (nSPS) is 34.4. The molecule has 0 spiro atoms. The van der Waals surface area contributed by atoms with Gasteiger partial charge in [-0.1, -0.05) is 20.8 Å². The van der Waals surface area contributed by atoms with Gasteiger partial charge in [0.05, 0.1) is 11.2 Å². The van der Waals surface area contributed by atoms with E-state index in [2.05, 4.69) is 33.0 Å². The standard InChI is InChI=1S/C17H28N2S/c1-5-15-13(4)20-16(18-15)17(19-14-6-7-14)9-8-11(2)12(3)10-17/h11-12,14,19H,5-10H2,1-4H3. The molecule has 3 rings (SSSR count). The van der Waals surface area contributed by atoms with Gasteiger partial charge in [-0.25, -0.2) is 4.98 Å². The summed E-state index contributed by atoms with van der Waals surface area (Å²) in [7, 11) is 0. The SMILES string of the molecule is CCc1nc(C2(NC3CC3)CCC(C)C(C)C2)sc1C. The van der Waals surface area contributed by atoms with E-state index >= 15 is 0 Å². The molecule has 2 aliphatic rings. The zero-order valence-electron chi connectivity index (χ0n) is 13.3. The first-order chi connectivity index (χ1) is 9.54. The largest absolute Gasteiger partial charge is 0.303 e. The lowest BCUT2D eigenvalue weighted by molar-refractivity contribution is 0.138. The summed E-state index contributed by atoms with van der Waals surface area (Å²) in [6.07, 6.45) is 7.65. The summed E-state index contributed by atoms with van der Waals surface area (Å²) in [5.74, 6) is 1.65. The van der Waals surface area contributed by atoms with Crippen molar-refractivity contribution in [2.24, 2.45) is 11.8 Å². The highest BCUT2D eigenvalue weighted by Crippen LogP contribution is 2.46. The van der Waals surface area contributed by atoms with Gasteiger partial charge in [-0.15, -0.1) is 11.3 Å². The third-order valence-corrected chi connectivity index (χ3v) is 6.58. The molecule has 2 aliphatic carbocycles. The van der Waals surface area contributed by atoms with Gasteiger partial charge in [0.2, 0.25) is 0 Å². The van der Waals surface area contributed by atoms with Crippen molar-refractivity contribution in [3.63, 3.8) is 0 Å². The molecular formula is C17H28N2S. The minimum atomic E-state index is 0.177. The second-order valence-electron chi connectivity index (χ2n) is 7.07. The molecule has 2 nitrogen and oxygen atoms in total. The molecule has 2 saturated carbocycles. The van der Waals surface area contributed by atoms with E-state index in [4.69, 9.17) is 4.98 Å². The van der Waals surface area contributed by atoms with Crippen LogP contribution < -0.4 is 5.32 Å². The molecule has 112 valence electrons. The van der Waals surface area contributed by atoms with Crippen molar-refractivity contribution in [1.82, 2.24) is 10.3 Å². The number of nitrogens with zero attached hydrogens (tertiary/aromatic N) is 1. The van der Waals surface area contributed by atoms with Crippen LogP contribution in [0.25, 0.3) is 0 Å². The van der Waals surface area contributed by atoms with Crippen molar-refractivity contribution in [3.05, 3.63) is 15.6 Å². The van der Waals surface area contributed by atoms with E-state index in [1.807, 2.05) is 11.3 Å². The predicted molar refractivity (Wildman–Crippen MR) is 86.2 cm³/mol. The topological polar surface area (TPSA) is 24.9 Å². The van der Waals surface area contributed by atoms with Crippen LogP contribution in [-0.4, -0.2) is 11.0 Å². The first-order valence-corrected chi connectivity index (χ1v) is 9.10. The second kappa shape index (κ2) is 5.42. The Balaban J connectivity index is 1.91. The molecular weight excluding hydrogens is 264 g/mol. The number of hydrogen-bond donors (Lipinski definition) is 1. The first-order valence-electron chi connectivity index (χ1n) is 8.28. The van der Waals surface area contributed by atoms with Crippen LogP contribution in [0.4, 0.5) is 0 Å². The predicted octanol–water partition coefficient (Wildman–Crippen LogP) is 4.42. The highest BCUT2D eigenvalue weighted by molar-refractivity contribution is 7.11. The van der Waals surface area contributed by atoms with Crippen LogP contribution in [-0.2, 0) is 12.0 Å². The summed E-state index contributed by atoms with van der Waals surface area (Å²) >= 11 is 1.94. The van der Waals surface area contributed by atoms with E-state index in [0.717, 1.165) is 24.3 Å². The number of aryl methyl sites for hydroxylation is 2. The van der Waals surface area contributed by atoms with Crippen molar-refractivity contribution in [1.29, 1.82) is 0 Å². The molecule has 20 heavy (non-hydrogen) atoms. The maximum atomic E-state index is 5.02. The monoisotopic (exact) mass is 292 g/mol. The quantitative estimate of drug-likeness (QED) is 0.888. The summed E-state index contributed by atoms with van der Waals surface area (Å²) in [5.41, 5.74) is 1.49. The average Bonchev–Trinajstić information content (AvgIpc) is 3.14. The summed E-state index contributed by atoms with van der Waals surface area (Å²) < 4.78 is 0. The molecule has 3 heteroatoms. The lowest BCUT2D eigenvalue weighted by atomic mass is 9.71. The van der Waals surface area contributed by atoms with Crippen LogP contribution in [0.3, 0.4) is 0 Å². The molecule has 1 N–H and O–H groups in total. The van der Waals surface area contributed by atoms with Crippen LogP contribution in [0.5, 0.6) is 0 Å². The van der Waals surface area contributed by atoms with Crippen molar-refractivity contribution in [2.45, 2.75) is 77.8 Å². The Bertz CT molecular complexity index is 477. The smallest absolute Gasteiger partial charge is 0.113 e. The summed E-state index contributed by atoms with van der Waals surface area (Å²) in [6, 6.07) is 0.755. The number of nitrogens with one attached hydrogen (secondary N) is 1. The van der Waals surface area contributed by atoms with Crippen LogP contribution >= 0.6 is 11.3 Å². The van der Waals surface area contributed by atoms with E-state index < -0.39 is 0 Å². The van der Waals surface area contributed by atoms with Crippen LogP contribution in [0.2, 0.25) is 0 Å². The van der Waals surface area contributed by atoms with Crippen molar-refractivity contribution >= 4 is 11.3 Å². The van der Waals surface area contributed by atoms with E-state index in [1.54, 1.807) is 0 Å². The van der Waals surface area contributed by atoms with Gasteiger partial charge in [0.25, 0.3) is 0 Å². The molecule has 3 atom stereocenters. The highest BCUT2D eigenvalue weighted by Gasteiger charge is 2.44. The highest BCUT2D eigenvalue weighted by atomic mass is 32.1. The molecule has 0 saturated heterocycles. The van der Waals surface area contributed by atoms with Crippen molar-refractivity contribution in [2.75, 3.05) is 0 Å². The zero-order chi connectivity index (χ0) is 14.3. The lowest BCUT2D eigenvalue weighted by Gasteiger charge is -2.42. The third-order valence-electron chi connectivity index (χ3n) is 5.36. The minimum absolute atomic E-state index is 0.177. The molecule has 0 radical (unpaired) electrons. The number of thiazole rings is 1. The van der Waals surface area contributed by atoms with Gasteiger partial charge in [-0.2, -0.15) is 0 Å². The Morgan fingerprint density at radius 3 is 2.55 bits per heavy atom. The molecule has 1 aromatic rings. The zero-order valence-corrected chi connectivity index (χ0v) is 14.1. The van der Waals surface area contributed by atoms with E-state index in [1.165, 1.54) is 47.7 Å². The van der Waals surface area contributed by atoms with Gasteiger partial charge in [-0.3, -0.25) is 0 Å². The third kappa shape index (κ3) is 2.67. The fourth-order valence-electron chi connectivity index (χ4n) is 3.58. The maximum absolute atomic E-state index is 5.02. The van der Waals surface area contributed by atoms with Crippen molar-refractivity contribution < 1.29 is 0 Å². The molecule has 0 aliphatic heterocycles. The summed E-state index contributed by atoms with van der Waals surface area (Å²) in [4.78, 5) is 6.44. The Morgan fingerprint density at radius 1 is 1.25 bits per heavy atom. The van der Waals surface area contributed by atoms with Crippen molar-refractivity contribution in [3.8, 4) is 0 Å². The number of rotatable bonds is 4. The summed E-state index contributed by atoms with van der Waals surface area (Å²) in [5, 5.41) is 5.36. The van der Waals surface area contributed by atoms with Crippen LogP contribution in [0, 0.1) is 18.8 Å². The first kappa shape index (κ1) is 14.5. The van der Waals surface area contributed by atoms with E-state index in [0.29, 0.717) is 0 Å². The lowest BCUT2D eigenvalue weighted by Crippen LogP contribution is -2.48. The van der Waals surface area contributed by atoms with E-state index in [-0.39, 0.29) is 5.54 Å². The molecule has 0 bridgehead atoms.